The van der Waals surface area contributed by atoms with Crippen LogP contribution in [0.3, 0.4) is 0 Å². The molecule has 2 heterocycles. The molecule has 0 radical (unpaired) electrons. The van der Waals surface area contributed by atoms with Crippen LogP contribution in [0.25, 0.3) is 0 Å². The van der Waals surface area contributed by atoms with Crippen molar-refractivity contribution in [2.24, 2.45) is 5.92 Å². The van der Waals surface area contributed by atoms with Gasteiger partial charge in [0, 0.05) is 24.7 Å². The van der Waals surface area contributed by atoms with Gasteiger partial charge < -0.3 is 10.2 Å². The van der Waals surface area contributed by atoms with E-state index in [0.29, 0.717) is 24.8 Å². The van der Waals surface area contributed by atoms with E-state index in [9.17, 15) is 4.39 Å². The van der Waals surface area contributed by atoms with E-state index in [2.05, 4.69) is 29.3 Å². The molecule has 1 aromatic carbocycles. The van der Waals surface area contributed by atoms with Crippen molar-refractivity contribution in [2.75, 3.05) is 32.7 Å². The van der Waals surface area contributed by atoms with E-state index in [1.165, 1.54) is 24.0 Å². The van der Waals surface area contributed by atoms with Gasteiger partial charge in [0.1, 0.15) is 6.17 Å². The van der Waals surface area contributed by atoms with Crippen LogP contribution in [0.4, 0.5) is 4.39 Å². The summed E-state index contributed by atoms with van der Waals surface area (Å²) < 4.78 is 13.3. The molecule has 2 nitrogen and oxygen atoms in total. The van der Waals surface area contributed by atoms with E-state index in [1.807, 2.05) is 6.07 Å². The lowest BCUT2D eigenvalue weighted by Crippen LogP contribution is -2.29. The molecular formula is C19H28ClFN2. The van der Waals surface area contributed by atoms with Crippen molar-refractivity contribution in [3.05, 3.63) is 34.3 Å². The molecule has 2 aliphatic rings. The predicted molar refractivity (Wildman–Crippen MR) is 95.1 cm³/mol. The van der Waals surface area contributed by atoms with E-state index in [1.54, 1.807) is 0 Å². The Labute approximate surface area is 144 Å². The van der Waals surface area contributed by atoms with Crippen LogP contribution in [0.1, 0.15) is 43.2 Å². The number of halogens is 2. The molecule has 0 amide bonds. The molecular weight excluding hydrogens is 311 g/mol. The Kier molecular flexibility index (Phi) is 5.95. The fraction of sp³-hybridized carbons (Fsp3) is 0.684. The van der Waals surface area contributed by atoms with Crippen molar-refractivity contribution in [1.82, 2.24) is 10.2 Å². The molecule has 2 atom stereocenters. The molecule has 23 heavy (non-hydrogen) atoms. The summed E-state index contributed by atoms with van der Waals surface area (Å²) in [5, 5.41) is 4.27. The highest BCUT2D eigenvalue weighted by Gasteiger charge is 2.24. The van der Waals surface area contributed by atoms with Crippen LogP contribution in [0, 0.1) is 5.92 Å². The molecule has 128 valence electrons. The summed E-state index contributed by atoms with van der Waals surface area (Å²) in [6.07, 6.45) is 3.52. The molecule has 0 bridgehead atoms. The van der Waals surface area contributed by atoms with Crippen LogP contribution in [0.15, 0.2) is 18.2 Å². The first-order chi connectivity index (χ1) is 11.1. The van der Waals surface area contributed by atoms with Crippen molar-refractivity contribution in [3.8, 4) is 0 Å². The standard InChI is InChI=1S/C19H28ClFN2/c1-14(12-23-9-6-18(21)13-23)10-16-11-17(20)2-3-19(16)15-4-7-22-8-5-15/h2-3,11,14-15,18,22H,4-10,12-13H2,1H3/t14?,18-/m1/s1. The molecule has 0 aliphatic carbocycles. The maximum absolute atomic E-state index is 13.3. The molecule has 1 aromatic rings. The van der Waals surface area contributed by atoms with E-state index in [0.717, 1.165) is 37.6 Å². The second-order valence-corrected chi connectivity index (χ2v) is 7.76. The molecule has 0 aromatic heterocycles. The predicted octanol–water partition coefficient (Wildman–Crippen LogP) is 4.03. The topological polar surface area (TPSA) is 15.3 Å². The molecule has 0 spiro atoms. The van der Waals surface area contributed by atoms with E-state index in [4.69, 9.17) is 11.6 Å². The summed E-state index contributed by atoms with van der Waals surface area (Å²) >= 11 is 6.26. The van der Waals surface area contributed by atoms with Gasteiger partial charge in [-0.1, -0.05) is 24.6 Å². The van der Waals surface area contributed by atoms with Crippen LogP contribution in [-0.2, 0) is 6.42 Å². The fourth-order valence-corrected chi connectivity index (χ4v) is 4.31. The third-order valence-corrected chi connectivity index (χ3v) is 5.47. The van der Waals surface area contributed by atoms with Crippen LogP contribution in [0.2, 0.25) is 5.02 Å². The van der Waals surface area contributed by atoms with Gasteiger partial charge in [0.2, 0.25) is 0 Å². The van der Waals surface area contributed by atoms with E-state index in [-0.39, 0.29) is 0 Å². The minimum Gasteiger partial charge on any atom is -0.317 e. The summed E-state index contributed by atoms with van der Waals surface area (Å²) in [6.45, 7) is 6.99. The number of piperidine rings is 1. The highest BCUT2D eigenvalue weighted by Crippen LogP contribution is 2.31. The number of hydrogen-bond acceptors (Lipinski definition) is 2. The lowest BCUT2D eigenvalue weighted by molar-refractivity contribution is 0.257. The maximum atomic E-state index is 13.3. The van der Waals surface area contributed by atoms with Crippen molar-refractivity contribution in [2.45, 2.75) is 44.7 Å². The number of nitrogens with zero attached hydrogens (tertiary/aromatic N) is 1. The number of likely N-dealkylation sites (tertiary alicyclic amines) is 1. The van der Waals surface area contributed by atoms with Gasteiger partial charge in [-0.25, -0.2) is 4.39 Å². The Balaban J connectivity index is 1.66. The molecule has 1 unspecified atom stereocenters. The Hall–Kier alpha value is -0.640. The zero-order chi connectivity index (χ0) is 16.2. The van der Waals surface area contributed by atoms with Gasteiger partial charge in [-0.15, -0.1) is 0 Å². The quantitative estimate of drug-likeness (QED) is 0.872. The first kappa shape index (κ1) is 17.2. The number of nitrogens with one attached hydrogen (secondary N) is 1. The second kappa shape index (κ2) is 7.96. The zero-order valence-electron chi connectivity index (χ0n) is 14.0. The van der Waals surface area contributed by atoms with E-state index >= 15 is 0 Å². The van der Waals surface area contributed by atoms with Gasteiger partial charge in [-0.05, 0) is 73.9 Å². The number of benzene rings is 1. The van der Waals surface area contributed by atoms with Crippen molar-refractivity contribution in [3.63, 3.8) is 0 Å². The molecule has 0 saturated carbocycles. The van der Waals surface area contributed by atoms with Gasteiger partial charge in [-0.2, -0.15) is 0 Å². The maximum Gasteiger partial charge on any atom is 0.114 e. The van der Waals surface area contributed by atoms with Gasteiger partial charge >= 0.3 is 0 Å². The van der Waals surface area contributed by atoms with Crippen LogP contribution < -0.4 is 5.32 Å². The number of alkyl halides is 1. The highest BCUT2D eigenvalue weighted by molar-refractivity contribution is 6.30. The highest BCUT2D eigenvalue weighted by atomic mass is 35.5. The third kappa shape index (κ3) is 4.68. The molecule has 2 saturated heterocycles. The van der Waals surface area contributed by atoms with Crippen LogP contribution in [0.5, 0.6) is 0 Å². The van der Waals surface area contributed by atoms with Crippen LogP contribution in [-0.4, -0.2) is 43.8 Å². The largest absolute Gasteiger partial charge is 0.317 e. The molecule has 2 fully saturated rings. The zero-order valence-corrected chi connectivity index (χ0v) is 14.8. The number of hydrogen-bond donors (Lipinski definition) is 1. The first-order valence-electron chi connectivity index (χ1n) is 8.97. The first-order valence-corrected chi connectivity index (χ1v) is 9.35. The van der Waals surface area contributed by atoms with Crippen molar-refractivity contribution in [1.29, 1.82) is 0 Å². The summed E-state index contributed by atoms with van der Waals surface area (Å²) in [6, 6.07) is 6.41. The SMILES string of the molecule is CC(Cc1cc(Cl)ccc1C1CCNCC1)CN1CC[C@@H](F)C1. The van der Waals surface area contributed by atoms with E-state index < -0.39 is 6.17 Å². The lowest BCUT2D eigenvalue weighted by atomic mass is 9.84. The number of rotatable bonds is 5. The lowest BCUT2D eigenvalue weighted by Gasteiger charge is -2.27. The van der Waals surface area contributed by atoms with Crippen molar-refractivity contribution < 1.29 is 4.39 Å². The average molecular weight is 339 g/mol. The van der Waals surface area contributed by atoms with Gasteiger partial charge in [-0.3, -0.25) is 0 Å². The molecule has 1 N–H and O–H groups in total. The third-order valence-electron chi connectivity index (χ3n) is 5.24. The Bertz CT molecular complexity index is 516. The van der Waals surface area contributed by atoms with Crippen molar-refractivity contribution >= 4 is 11.6 Å². The molecule has 2 aliphatic heterocycles. The average Bonchev–Trinajstić information content (AvgIpc) is 2.93. The summed E-state index contributed by atoms with van der Waals surface area (Å²) in [7, 11) is 0. The Morgan fingerprint density at radius 2 is 2.09 bits per heavy atom. The Morgan fingerprint density at radius 1 is 1.30 bits per heavy atom. The normalized spacial score (nSPS) is 24.9. The summed E-state index contributed by atoms with van der Waals surface area (Å²) in [4.78, 5) is 2.27. The van der Waals surface area contributed by atoms with Gasteiger partial charge in [0.25, 0.3) is 0 Å². The monoisotopic (exact) mass is 338 g/mol. The van der Waals surface area contributed by atoms with Crippen LogP contribution >= 0.6 is 11.6 Å². The fourth-order valence-electron chi connectivity index (χ4n) is 4.11. The molecule has 4 heteroatoms. The summed E-state index contributed by atoms with van der Waals surface area (Å²) in [5.74, 6) is 1.18. The van der Waals surface area contributed by atoms with Gasteiger partial charge in [0.15, 0.2) is 0 Å². The second-order valence-electron chi connectivity index (χ2n) is 7.32. The Morgan fingerprint density at radius 3 is 2.78 bits per heavy atom. The van der Waals surface area contributed by atoms with Gasteiger partial charge in [0.05, 0.1) is 0 Å². The minimum absolute atomic E-state index is 0.527. The minimum atomic E-state index is -0.626. The molecule has 3 rings (SSSR count). The smallest absolute Gasteiger partial charge is 0.114 e. The summed E-state index contributed by atoms with van der Waals surface area (Å²) in [5.41, 5.74) is 2.88.